The van der Waals surface area contributed by atoms with Crippen LogP contribution in [0.25, 0.3) is 33.7 Å². The van der Waals surface area contributed by atoms with E-state index in [4.69, 9.17) is 5.73 Å². The van der Waals surface area contributed by atoms with Crippen molar-refractivity contribution in [3.05, 3.63) is 42.2 Å². The van der Waals surface area contributed by atoms with Gasteiger partial charge in [0.15, 0.2) is 17.3 Å². The first-order valence-electron chi connectivity index (χ1n) is 7.48. The highest BCUT2D eigenvalue weighted by molar-refractivity contribution is 5.94. The van der Waals surface area contributed by atoms with E-state index in [0.29, 0.717) is 34.7 Å². The Bertz CT molecular complexity index is 1090. The first-order valence-corrected chi connectivity index (χ1v) is 7.48. The zero-order chi connectivity index (χ0) is 17.6. The van der Waals surface area contributed by atoms with E-state index < -0.39 is 11.6 Å². The number of nitrogen functional groups attached to an aromatic ring is 1. The number of aromatic nitrogens is 5. The number of imidazole rings is 1. The molecule has 0 saturated carbocycles. The van der Waals surface area contributed by atoms with E-state index in [0.717, 1.165) is 6.07 Å². The number of pyridine rings is 1. The van der Waals surface area contributed by atoms with Crippen molar-refractivity contribution in [1.82, 2.24) is 24.8 Å². The number of hydrogen-bond donors (Lipinski definition) is 1. The molecular weight excluding hydrogens is 330 g/mol. The van der Waals surface area contributed by atoms with Gasteiger partial charge in [0.05, 0.1) is 11.7 Å². The summed E-state index contributed by atoms with van der Waals surface area (Å²) in [6, 6.07) is 3.41. The highest BCUT2D eigenvalue weighted by Gasteiger charge is 2.21. The lowest BCUT2D eigenvalue weighted by atomic mass is 10.1. The summed E-state index contributed by atoms with van der Waals surface area (Å²) < 4.78 is 34.0. The quantitative estimate of drug-likeness (QED) is 0.615. The number of hydrogen-bond acceptors (Lipinski definition) is 6. The molecule has 0 fully saturated rings. The van der Waals surface area contributed by atoms with Gasteiger partial charge in [-0.15, -0.1) is 0 Å². The number of nitrogens with two attached hydrogens (primary N) is 1. The molecule has 4 rings (SSSR count). The van der Waals surface area contributed by atoms with E-state index in [-0.39, 0.29) is 11.4 Å². The van der Waals surface area contributed by atoms with Crippen LogP contribution in [-0.2, 0) is 6.54 Å². The van der Waals surface area contributed by atoms with Crippen LogP contribution in [-0.4, -0.2) is 24.8 Å². The maximum atomic E-state index is 14.3. The number of rotatable bonds is 3. The SMILES string of the molecule is CCn1c(-c2nonc2N)nc2cncc(-c3ccc(F)cc3F)c21. The Labute approximate surface area is 140 Å². The fourth-order valence-corrected chi connectivity index (χ4v) is 2.83. The van der Waals surface area contributed by atoms with Crippen LogP contribution < -0.4 is 5.73 Å². The van der Waals surface area contributed by atoms with Gasteiger partial charge in [-0.3, -0.25) is 4.98 Å². The molecule has 0 aliphatic carbocycles. The second-order valence-corrected chi connectivity index (χ2v) is 5.36. The molecule has 1 aromatic carbocycles. The summed E-state index contributed by atoms with van der Waals surface area (Å²) in [5.41, 5.74) is 7.95. The molecule has 3 aromatic heterocycles. The topological polar surface area (TPSA) is 95.7 Å². The number of aryl methyl sites for hydroxylation is 1. The van der Waals surface area contributed by atoms with Crippen molar-refractivity contribution in [3.63, 3.8) is 0 Å². The Kier molecular flexibility index (Phi) is 3.41. The van der Waals surface area contributed by atoms with Crippen LogP contribution in [0.5, 0.6) is 0 Å². The molecule has 9 heteroatoms. The minimum Gasteiger partial charge on any atom is -0.379 e. The lowest BCUT2D eigenvalue weighted by Crippen LogP contribution is -2.01. The average Bonchev–Trinajstić information content (AvgIpc) is 3.17. The van der Waals surface area contributed by atoms with Gasteiger partial charge in [0.1, 0.15) is 17.2 Å². The van der Waals surface area contributed by atoms with Gasteiger partial charge in [0.25, 0.3) is 0 Å². The smallest absolute Gasteiger partial charge is 0.199 e. The predicted octanol–water partition coefficient (Wildman–Crippen LogP) is 3.03. The molecule has 2 N–H and O–H groups in total. The van der Waals surface area contributed by atoms with E-state index in [1.54, 1.807) is 6.20 Å². The molecule has 126 valence electrons. The molecule has 3 heterocycles. The molecule has 0 aliphatic heterocycles. The van der Waals surface area contributed by atoms with Crippen molar-refractivity contribution in [2.75, 3.05) is 5.73 Å². The summed E-state index contributed by atoms with van der Waals surface area (Å²) in [6.07, 6.45) is 3.07. The molecule has 0 unspecified atom stereocenters. The van der Waals surface area contributed by atoms with Gasteiger partial charge in [-0.05, 0) is 29.4 Å². The standard InChI is InChI=1S/C16H12F2N6O/c1-2-24-14-10(9-4-3-8(17)5-11(9)18)6-20-7-12(14)21-16(24)13-15(19)23-25-22-13/h3-7H,2H2,1H3,(H2,19,23). The molecule has 4 aromatic rings. The molecule has 25 heavy (non-hydrogen) atoms. The highest BCUT2D eigenvalue weighted by Crippen LogP contribution is 2.33. The predicted molar refractivity (Wildman–Crippen MR) is 86.3 cm³/mol. The highest BCUT2D eigenvalue weighted by atomic mass is 19.1. The van der Waals surface area contributed by atoms with Gasteiger partial charge in [0.2, 0.25) is 0 Å². The van der Waals surface area contributed by atoms with Gasteiger partial charge in [-0.25, -0.2) is 18.4 Å². The first-order chi connectivity index (χ1) is 12.1. The summed E-state index contributed by atoms with van der Waals surface area (Å²) >= 11 is 0. The van der Waals surface area contributed by atoms with Crippen LogP contribution in [0.2, 0.25) is 0 Å². The molecule has 0 saturated heterocycles. The van der Waals surface area contributed by atoms with E-state index >= 15 is 0 Å². The summed E-state index contributed by atoms with van der Waals surface area (Å²) in [4.78, 5) is 8.60. The van der Waals surface area contributed by atoms with Crippen molar-refractivity contribution >= 4 is 16.9 Å². The van der Waals surface area contributed by atoms with E-state index in [1.807, 2.05) is 11.5 Å². The van der Waals surface area contributed by atoms with Crippen molar-refractivity contribution in [1.29, 1.82) is 0 Å². The van der Waals surface area contributed by atoms with Crippen LogP contribution in [0, 0.1) is 11.6 Å². The molecular formula is C16H12F2N6O. The number of halogens is 2. The van der Waals surface area contributed by atoms with Crippen molar-refractivity contribution < 1.29 is 13.4 Å². The van der Waals surface area contributed by atoms with E-state index in [2.05, 4.69) is 24.9 Å². The molecule has 0 bridgehead atoms. The second kappa shape index (κ2) is 5.62. The van der Waals surface area contributed by atoms with Crippen LogP contribution in [0.1, 0.15) is 6.92 Å². The third kappa shape index (κ3) is 2.32. The van der Waals surface area contributed by atoms with Crippen LogP contribution in [0.15, 0.2) is 35.2 Å². The Hall–Kier alpha value is -3.36. The van der Waals surface area contributed by atoms with Gasteiger partial charge in [-0.1, -0.05) is 0 Å². The zero-order valence-electron chi connectivity index (χ0n) is 13.1. The summed E-state index contributed by atoms with van der Waals surface area (Å²) in [5.74, 6) is -0.782. The van der Waals surface area contributed by atoms with E-state index in [1.165, 1.54) is 18.3 Å². The second-order valence-electron chi connectivity index (χ2n) is 5.36. The molecule has 0 aliphatic rings. The van der Waals surface area contributed by atoms with Gasteiger partial charge < -0.3 is 10.3 Å². The lowest BCUT2D eigenvalue weighted by Gasteiger charge is -2.09. The fourth-order valence-electron chi connectivity index (χ4n) is 2.83. The Morgan fingerprint density at radius 3 is 2.68 bits per heavy atom. The average molecular weight is 342 g/mol. The Balaban J connectivity index is 2.04. The summed E-state index contributed by atoms with van der Waals surface area (Å²) in [7, 11) is 0. The van der Waals surface area contributed by atoms with E-state index in [9.17, 15) is 8.78 Å². The molecule has 0 radical (unpaired) electrons. The van der Waals surface area contributed by atoms with Crippen molar-refractivity contribution in [2.45, 2.75) is 13.5 Å². The third-order valence-electron chi connectivity index (χ3n) is 3.91. The maximum Gasteiger partial charge on any atom is 0.199 e. The lowest BCUT2D eigenvalue weighted by molar-refractivity contribution is 0.310. The third-order valence-corrected chi connectivity index (χ3v) is 3.91. The minimum absolute atomic E-state index is 0.104. The van der Waals surface area contributed by atoms with Crippen LogP contribution in [0.4, 0.5) is 14.6 Å². The van der Waals surface area contributed by atoms with Crippen LogP contribution in [0.3, 0.4) is 0 Å². The molecule has 7 nitrogen and oxygen atoms in total. The summed E-state index contributed by atoms with van der Waals surface area (Å²) in [5, 5.41) is 7.35. The molecule has 0 amide bonds. The number of nitrogens with zero attached hydrogens (tertiary/aromatic N) is 5. The number of benzene rings is 1. The zero-order valence-corrected chi connectivity index (χ0v) is 13.1. The van der Waals surface area contributed by atoms with Crippen molar-refractivity contribution in [2.24, 2.45) is 0 Å². The fraction of sp³-hybridized carbons (Fsp3) is 0.125. The Morgan fingerprint density at radius 1 is 1.16 bits per heavy atom. The van der Waals surface area contributed by atoms with Gasteiger partial charge in [-0.2, -0.15) is 0 Å². The molecule has 0 spiro atoms. The largest absolute Gasteiger partial charge is 0.379 e. The number of fused-ring (bicyclic) bond motifs is 1. The van der Waals surface area contributed by atoms with Gasteiger partial charge >= 0.3 is 0 Å². The normalized spacial score (nSPS) is 11.3. The monoisotopic (exact) mass is 342 g/mol. The minimum atomic E-state index is -0.678. The van der Waals surface area contributed by atoms with Crippen molar-refractivity contribution in [3.8, 4) is 22.6 Å². The first kappa shape index (κ1) is 15.2. The maximum absolute atomic E-state index is 14.3. The summed E-state index contributed by atoms with van der Waals surface area (Å²) in [6.45, 7) is 2.41. The number of anilines is 1. The van der Waals surface area contributed by atoms with Crippen LogP contribution >= 0.6 is 0 Å². The molecule has 0 atom stereocenters. The van der Waals surface area contributed by atoms with Gasteiger partial charge in [0, 0.05) is 29.9 Å². The Morgan fingerprint density at radius 2 is 2.00 bits per heavy atom.